The predicted octanol–water partition coefficient (Wildman–Crippen LogP) is 5.92. The quantitative estimate of drug-likeness (QED) is 0.278. The van der Waals surface area contributed by atoms with Gasteiger partial charge in [-0.15, -0.1) is 0 Å². The lowest BCUT2D eigenvalue weighted by Gasteiger charge is -2.35. The zero-order valence-electron chi connectivity index (χ0n) is 24.6. The van der Waals surface area contributed by atoms with Crippen molar-refractivity contribution in [1.29, 1.82) is 0 Å². The number of aryl methyl sites for hydroxylation is 2. The summed E-state index contributed by atoms with van der Waals surface area (Å²) in [4.78, 5) is 29.8. The zero-order valence-corrected chi connectivity index (χ0v) is 27.0. The third-order valence-electron chi connectivity index (χ3n) is 7.79. The molecule has 0 saturated heterocycles. The molecule has 1 aliphatic carbocycles. The number of hydrogen-bond acceptors (Lipinski definition) is 4. The summed E-state index contributed by atoms with van der Waals surface area (Å²) in [6.07, 6.45) is 6.54. The highest BCUT2D eigenvalue weighted by molar-refractivity contribution is 9.10. The van der Waals surface area contributed by atoms with Crippen LogP contribution in [0.15, 0.2) is 77.3 Å². The van der Waals surface area contributed by atoms with E-state index in [0.29, 0.717) is 12.1 Å². The van der Waals surface area contributed by atoms with Crippen LogP contribution in [0.4, 0.5) is 5.69 Å². The Kier molecular flexibility index (Phi) is 10.8. The molecule has 4 rings (SSSR count). The summed E-state index contributed by atoms with van der Waals surface area (Å²) in [5.41, 5.74) is 3.96. The van der Waals surface area contributed by atoms with Gasteiger partial charge in [0.2, 0.25) is 21.8 Å². The topological polar surface area (TPSA) is 86.8 Å². The van der Waals surface area contributed by atoms with Crippen LogP contribution in [-0.2, 0) is 32.6 Å². The monoisotopic (exact) mass is 653 g/mol. The molecule has 1 atom stereocenters. The molecule has 0 bridgehead atoms. The first-order chi connectivity index (χ1) is 20.0. The van der Waals surface area contributed by atoms with Crippen LogP contribution >= 0.6 is 15.9 Å². The largest absolute Gasteiger partial charge is 0.352 e. The van der Waals surface area contributed by atoms with Gasteiger partial charge in [-0.1, -0.05) is 95.4 Å². The molecule has 1 fully saturated rings. The molecule has 0 aliphatic heterocycles. The van der Waals surface area contributed by atoms with Crippen LogP contribution in [0.5, 0.6) is 0 Å². The van der Waals surface area contributed by atoms with Crippen LogP contribution in [-0.4, -0.2) is 50.0 Å². The van der Waals surface area contributed by atoms with Gasteiger partial charge in [-0.2, -0.15) is 0 Å². The number of carbonyl (C=O) groups is 2. The lowest BCUT2D eigenvalue weighted by molar-refractivity contribution is -0.140. The van der Waals surface area contributed by atoms with Gasteiger partial charge < -0.3 is 10.2 Å². The summed E-state index contributed by atoms with van der Waals surface area (Å²) >= 11 is 3.47. The van der Waals surface area contributed by atoms with Gasteiger partial charge >= 0.3 is 0 Å². The van der Waals surface area contributed by atoms with E-state index in [9.17, 15) is 18.0 Å². The van der Waals surface area contributed by atoms with Crippen molar-refractivity contribution in [2.45, 2.75) is 71.0 Å². The fraction of sp³-hybridized carbons (Fsp3) is 0.394. The van der Waals surface area contributed by atoms with Crippen molar-refractivity contribution in [3.8, 4) is 0 Å². The van der Waals surface area contributed by atoms with Gasteiger partial charge in [0, 0.05) is 23.5 Å². The van der Waals surface area contributed by atoms with E-state index in [2.05, 4.69) is 21.2 Å². The molecule has 3 aromatic carbocycles. The molecule has 2 amide bonds. The van der Waals surface area contributed by atoms with Crippen LogP contribution in [0.3, 0.4) is 0 Å². The van der Waals surface area contributed by atoms with Crippen LogP contribution in [0.1, 0.15) is 54.4 Å². The normalized spacial score (nSPS) is 14.7. The minimum atomic E-state index is -3.81. The SMILES string of the molecule is Cc1ccc(N(CC(=O)N(Cc2ccc(Br)cc2)[C@H](Cc2ccccc2)C(=O)NC2CCCCC2)S(C)(=O)=O)c(C)c1. The van der Waals surface area contributed by atoms with Crippen molar-refractivity contribution in [2.75, 3.05) is 17.1 Å². The summed E-state index contributed by atoms with van der Waals surface area (Å²) in [5.74, 6) is -0.656. The van der Waals surface area contributed by atoms with Gasteiger partial charge in [-0.05, 0) is 61.6 Å². The molecular formula is C33H40BrN3O4S. The molecular weight excluding hydrogens is 614 g/mol. The fourth-order valence-corrected chi connectivity index (χ4v) is 6.74. The van der Waals surface area contributed by atoms with Crippen molar-refractivity contribution in [3.05, 3.63) is 99.5 Å². The van der Waals surface area contributed by atoms with Gasteiger partial charge in [0.1, 0.15) is 12.6 Å². The van der Waals surface area contributed by atoms with E-state index in [-0.39, 0.29) is 18.5 Å². The maximum absolute atomic E-state index is 14.3. The predicted molar refractivity (Wildman–Crippen MR) is 172 cm³/mol. The Morgan fingerprint density at radius 1 is 0.929 bits per heavy atom. The molecule has 0 unspecified atom stereocenters. The second-order valence-corrected chi connectivity index (χ2v) is 14.1. The average molecular weight is 655 g/mol. The summed E-state index contributed by atoms with van der Waals surface area (Å²) in [7, 11) is -3.81. The van der Waals surface area contributed by atoms with E-state index in [1.807, 2.05) is 80.6 Å². The molecule has 0 spiro atoms. The molecule has 0 aromatic heterocycles. The summed E-state index contributed by atoms with van der Waals surface area (Å²) in [6, 6.07) is 21.9. The summed E-state index contributed by atoms with van der Waals surface area (Å²) in [6.45, 7) is 3.51. The number of halogens is 1. The van der Waals surface area contributed by atoms with E-state index in [4.69, 9.17) is 0 Å². The second-order valence-electron chi connectivity index (χ2n) is 11.3. The Bertz CT molecular complexity index is 1470. The average Bonchev–Trinajstić information content (AvgIpc) is 2.95. The Labute approximate surface area is 258 Å². The first-order valence-electron chi connectivity index (χ1n) is 14.4. The standard InChI is InChI=1S/C33H40BrN3O4S/c1-24-14-19-30(25(2)20-24)37(42(3,40)41)23-32(38)36(22-27-15-17-28(34)18-16-27)31(21-26-10-6-4-7-11-26)33(39)35-29-12-8-5-9-13-29/h4,6-7,10-11,14-20,29,31H,5,8-9,12-13,21-23H2,1-3H3,(H,35,39)/t31-/m1/s1. The first-order valence-corrected chi connectivity index (χ1v) is 17.1. The van der Waals surface area contributed by atoms with Crippen LogP contribution in [0, 0.1) is 13.8 Å². The van der Waals surface area contributed by atoms with E-state index in [0.717, 1.165) is 69.4 Å². The van der Waals surface area contributed by atoms with Crippen molar-refractivity contribution in [3.63, 3.8) is 0 Å². The lowest BCUT2D eigenvalue weighted by atomic mass is 9.94. The summed E-state index contributed by atoms with van der Waals surface area (Å²) in [5, 5.41) is 3.23. The van der Waals surface area contributed by atoms with E-state index >= 15 is 0 Å². The number of hydrogen-bond donors (Lipinski definition) is 1. The number of amides is 2. The number of sulfonamides is 1. The molecule has 1 aliphatic rings. The summed E-state index contributed by atoms with van der Waals surface area (Å²) < 4.78 is 28.2. The van der Waals surface area contributed by atoms with Crippen molar-refractivity contribution in [1.82, 2.24) is 10.2 Å². The Hall–Kier alpha value is -3.17. The number of nitrogens with one attached hydrogen (secondary N) is 1. The molecule has 1 N–H and O–H groups in total. The molecule has 42 heavy (non-hydrogen) atoms. The van der Waals surface area contributed by atoms with Crippen LogP contribution in [0.25, 0.3) is 0 Å². The zero-order chi connectivity index (χ0) is 30.3. The molecule has 3 aromatic rings. The lowest BCUT2D eigenvalue weighted by Crippen LogP contribution is -2.55. The van der Waals surface area contributed by atoms with Gasteiger partial charge in [0.15, 0.2) is 0 Å². The van der Waals surface area contributed by atoms with Gasteiger partial charge in [-0.25, -0.2) is 8.42 Å². The van der Waals surface area contributed by atoms with E-state index in [1.165, 1.54) is 0 Å². The maximum Gasteiger partial charge on any atom is 0.244 e. The Morgan fingerprint density at radius 2 is 1.60 bits per heavy atom. The minimum absolute atomic E-state index is 0.0666. The number of rotatable bonds is 11. The highest BCUT2D eigenvalue weighted by atomic mass is 79.9. The van der Waals surface area contributed by atoms with E-state index in [1.54, 1.807) is 11.0 Å². The third kappa shape index (κ3) is 8.67. The van der Waals surface area contributed by atoms with Crippen LogP contribution in [0.2, 0.25) is 0 Å². The highest BCUT2D eigenvalue weighted by Crippen LogP contribution is 2.25. The second kappa shape index (κ2) is 14.3. The number of benzene rings is 3. The highest BCUT2D eigenvalue weighted by Gasteiger charge is 2.34. The van der Waals surface area contributed by atoms with E-state index < -0.39 is 28.5 Å². The van der Waals surface area contributed by atoms with Gasteiger partial charge in [-0.3, -0.25) is 13.9 Å². The fourth-order valence-electron chi connectivity index (χ4n) is 5.56. The molecule has 224 valence electrons. The molecule has 0 heterocycles. The first kappa shape index (κ1) is 31.8. The number of nitrogens with zero attached hydrogens (tertiary/aromatic N) is 2. The minimum Gasteiger partial charge on any atom is -0.352 e. The van der Waals surface area contributed by atoms with Crippen molar-refractivity contribution >= 4 is 43.5 Å². The van der Waals surface area contributed by atoms with Gasteiger partial charge in [0.25, 0.3) is 0 Å². The smallest absolute Gasteiger partial charge is 0.244 e. The van der Waals surface area contributed by atoms with Gasteiger partial charge in [0.05, 0.1) is 11.9 Å². The van der Waals surface area contributed by atoms with Crippen LogP contribution < -0.4 is 9.62 Å². The number of carbonyl (C=O) groups excluding carboxylic acids is 2. The maximum atomic E-state index is 14.3. The molecule has 1 saturated carbocycles. The Morgan fingerprint density at radius 3 is 2.21 bits per heavy atom. The molecule has 9 heteroatoms. The van der Waals surface area contributed by atoms with Crippen molar-refractivity contribution in [2.24, 2.45) is 0 Å². The van der Waals surface area contributed by atoms with Crippen molar-refractivity contribution < 1.29 is 18.0 Å². The number of anilines is 1. The molecule has 0 radical (unpaired) electrons. The molecule has 7 nitrogen and oxygen atoms in total. The Balaban J connectivity index is 1.73. The third-order valence-corrected chi connectivity index (χ3v) is 9.44.